The van der Waals surface area contributed by atoms with Crippen LogP contribution in [-0.2, 0) is 4.79 Å². The minimum atomic E-state index is 0.0184. The Balaban J connectivity index is 1.28. The van der Waals surface area contributed by atoms with E-state index in [1.54, 1.807) is 6.33 Å². The Morgan fingerprint density at radius 2 is 1.55 bits per heavy atom. The van der Waals surface area contributed by atoms with Crippen LogP contribution in [0, 0.1) is 23.7 Å². The first-order valence-electron chi connectivity index (χ1n) is 12.0. The molecule has 158 valence electrons. The molecule has 0 radical (unpaired) electrons. The van der Waals surface area contributed by atoms with Crippen LogP contribution in [0.1, 0.15) is 70.3 Å². The summed E-state index contributed by atoms with van der Waals surface area (Å²) in [5, 5.41) is 11.9. The summed E-state index contributed by atoms with van der Waals surface area (Å²) >= 11 is 0. The molecule has 1 aromatic rings. The molecule has 0 aromatic carbocycles. The number of tetrazole rings is 1. The van der Waals surface area contributed by atoms with Crippen LogP contribution in [0.3, 0.4) is 0 Å². The number of rotatable bonds is 3. The van der Waals surface area contributed by atoms with Gasteiger partial charge in [-0.3, -0.25) is 9.69 Å². The Morgan fingerprint density at radius 3 is 2.17 bits per heavy atom. The average molecular weight is 399 g/mol. The Kier molecular flexibility index (Phi) is 4.62. The zero-order valence-electron chi connectivity index (χ0n) is 17.4. The van der Waals surface area contributed by atoms with Crippen molar-refractivity contribution in [2.45, 2.75) is 82.3 Å². The summed E-state index contributed by atoms with van der Waals surface area (Å²) in [4.78, 5) is 18.6. The molecule has 2 saturated heterocycles. The number of aromatic nitrogens is 4. The molecule has 2 atom stereocenters. The van der Waals surface area contributed by atoms with Gasteiger partial charge in [-0.1, -0.05) is 12.8 Å². The lowest BCUT2D eigenvalue weighted by molar-refractivity contribution is -0.140. The molecule has 1 amide bonds. The van der Waals surface area contributed by atoms with E-state index in [0.29, 0.717) is 11.9 Å². The number of nitrogens with zero attached hydrogens (tertiary/aromatic N) is 6. The molecule has 2 aliphatic heterocycles. The minimum absolute atomic E-state index is 0.0184. The second-order valence-corrected chi connectivity index (χ2v) is 10.6. The van der Waals surface area contributed by atoms with Gasteiger partial charge in [-0.25, -0.2) is 4.68 Å². The van der Waals surface area contributed by atoms with Gasteiger partial charge in [0.15, 0.2) is 0 Å². The van der Waals surface area contributed by atoms with Crippen molar-refractivity contribution < 1.29 is 4.79 Å². The molecule has 7 rings (SSSR count). The minimum Gasteiger partial charge on any atom is -0.341 e. The summed E-state index contributed by atoms with van der Waals surface area (Å²) in [7, 11) is 0. The van der Waals surface area contributed by atoms with E-state index in [0.717, 1.165) is 62.6 Å². The summed E-state index contributed by atoms with van der Waals surface area (Å²) in [6.07, 6.45) is 14.5. The third-order valence-electron chi connectivity index (χ3n) is 8.82. The number of hydrogen-bond donors (Lipinski definition) is 0. The second kappa shape index (κ2) is 7.33. The van der Waals surface area contributed by atoms with Gasteiger partial charge in [0.25, 0.3) is 0 Å². The first kappa shape index (κ1) is 18.3. The van der Waals surface area contributed by atoms with Gasteiger partial charge in [0.05, 0.1) is 12.1 Å². The maximum atomic E-state index is 13.7. The highest BCUT2D eigenvalue weighted by atomic mass is 16.2. The molecule has 0 unspecified atom stereocenters. The quantitative estimate of drug-likeness (QED) is 0.783. The molecule has 0 spiro atoms. The summed E-state index contributed by atoms with van der Waals surface area (Å²) in [6.45, 7) is 2.82. The van der Waals surface area contributed by atoms with Gasteiger partial charge in [0.2, 0.25) is 5.91 Å². The predicted molar refractivity (Wildman–Crippen MR) is 108 cm³/mol. The maximum absolute atomic E-state index is 13.7. The third kappa shape index (κ3) is 3.20. The van der Waals surface area contributed by atoms with Crippen molar-refractivity contribution in [2.75, 3.05) is 19.6 Å². The molecule has 0 N–H and O–H groups in total. The monoisotopic (exact) mass is 398 g/mol. The van der Waals surface area contributed by atoms with Crippen molar-refractivity contribution in [3.8, 4) is 0 Å². The molecule has 7 nitrogen and oxygen atoms in total. The van der Waals surface area contributed by atoms with Crippen molar-refractivity contribution in [1.29, 1.82) is 0 Å². The first-order chi connectivity index (χ1) is 14.3. The highest BCUT2D eigenvalue weighted by Gasteiger charge is 2.54. The van der Waals surface area contributed by atoms with Crippen LogP contribution in [0.2, 0.25) is 0 Å². The van der Waals surface area contributed by atoms with Crippen LogP contribution in [0.5, 0.6) is 0 Å². The molecule has 4 aliphatic carbocycles. The predicted octanol–water partition coefficient (Wildman–Crippen LogP) is 2.52. The van der Waals surface area contributed by atoms with Crippen LogP contribution in [0.15, 0.2) is 6.33 Å². The van der Waals surface area contributed by atoms with Crippen molar-refractivity contribution in [1.82, 2.24) is 30.0 Å². The molecule has 4 saturated carbocycles. The van der Waals surface area contributed by atoms with Crippen LogP contribution in [0.4, 0.5) is 0 Å². The van der Waals surface area contributed by atoms with Gasteiger partial charge in [-0.05, 0) is 85.5 Å². The molecular weight excluding hydrogens is 364 g/mol. The van der Waals surface area contributed by atoms with E-state index < -0.39 is 0 Å². The highest BCUT2D eigenvalue weighted by Crippen LogP contribution is 2.56. The number of carbonyl (C=O) groups excluding carboxylic acids is 1. The van der Waals surface area contributed by atoms with Gasteiger partial charge in [0, 0.05) is 25.7 Å². The van der Waals surface area contributed by atoms with E-state index in [2.05, 4.69) is 25.3 Å². The van der Waals surface area contributed by atoms with Gasteiger partial charge >= 0.3 is 0 Å². The van der Waals surface area contributed by atoms with E-state index in [1.807, 2.05) is 4.68 Å². The fourth-order valence-electron chi connectivity index (χ4n) is 7.88. The molecular formula is C22H34N6O. The second-order valence-electron chi connectivity index (χ2n) is 10.6. The van der Waals surface area contributed by atoms with Gasteiger partial charge in [-0.15, -0.1) is 5.10 Å². The normalized spacial score (nSPS) is 42.3. The smallest absolute Gasteiger partial charge is 0.240 e. The van der Waals surface area contributed by atoms with Gasteiger partial charge < -0.3 is 4.90 Å². The largest absolute Gasteiger partial charge is 0.341 e. The van der Waals surface area contributed by atoms with Crippen molar-refractivity contribution >= 4 is 5.91 Å². The van der Waals surface area contributed by atoms with Crippen molar-refractivity contribution in [3.05, 3.63) is 6.33 Å². The molecule has 3 heterocycles. The number of amides is 1. The van der Waals surface area contributed by atoms with E-state index in [1.165, 1.54) is 44.9 Å². The first-order valence-corrected chi connectivity index (χ1v) is 12.0. The molecule has 6 fully saturated rings. The fourth-order valence-corrected chi connectivity index (χ4v) is 7.88. The number of hydrogen-bond acceptors (Lipinski definition) is 5. The molecule has 6 aliphatic rings. The summed E-state index contributed by atoms with van der Waals surface area (Å²) < 4.78 is 1.90. The summed E-state index contributed by atoms with van der Waals surface area (Å²) in [5.74, 6) is 3.92. The van der Waals surface area contributed by atoms with Crippen LogP contribution >= 0.6 is 0 Å². The highest BCUT2D eigenvalue weighted by molar-refractivity contribution is 5.82. The van der Waals surface area contributed by atoms with Crippen LogP contribution in [0.25, 0.3) is 0 Å². The van der Waals surface area contributed by atoms with E-state index in [4.69, 9.17) is 0 Å². The summed E-state index contributed by atoms with van der Waals surface area (Å²) in [5.41, 5.74) is 0. The van der Waals surface area contributed by atoms with E-state index in [9.17, 15) is 4.79 Å². The lowest BCUT2D eigenvalue weighted by Gasteiger charge is -2.57. The SMILES string of the molecule is O=C([C@@H]1C[C@H](n2cnnn2)CN1C1C2CC3CC(C2)CC1C3)N1CCCCCC1. The lowest BCUT2D eigenvalue weighted by atomic mass is 9.54. The maximum Gasteiger partial charge on any atom is 0.240 e. The zero-order chi connectivity index (χ0) is 19.4. The number of carbonyl (C=O) groups is 1. The fraction of sp³-hybridized carbons (Fsp3) is 0.909. The summed E-state index contributed by atoms with van der Waals surface area (Å²) in [6, 6.07) is 0.846. The van der Waals surface area contributed by atoms with Crippen molar-refractivity contribution in [3.63, 3.8) is 0 Å². The average Bonchev–Trinajstić information content (AvgIpc) is 3.31. The van der Waals surface area contributed by atoms with Gasteiger partial charge in [0.1, 0.15) is 6.33 Å². The molecule has 1 aromatic heterocycles. The Hall–Kier alpha value is -1.50. The van der Waals surface area contributed by atoms with E-state index >= 15 is 0 Å². The van der Waals surface area contributed by atoms with Crippen LogP contribution in [-0.4, -0.2) is 67.6 Å². The van der Waals surface area contributed by atoms with Crippen molar-refractivity contribution in [2.24, 2.45) is 23.7 Å². The van der Waals surface area contributed by atoms with Crippen LogP contribution < -0.4 is 0 Å². The van der Waals surface area contributed by atoms with E-state index in [-0.39, 0.29) is 12.1 Å². The Labute approximate surface area is 173 Å². The molecule has 7 heteroatoms. The third-order valence-corrected chi connectivity index (χ3v) is 8.82. The molecule has 4 bridgehead atoms. The number of likely N-dealkylation sites (tertiary alicyclic amines) is 2. The topological polar surface area (TPSA) is 67.2 Å². The Morgan fingerprint density at radius 1 is 0.862 bits per heavy atom. The lowest BCUT2D eigenvalue weighted by Crippen LogP contribution is -2.59. The Bertz CT molecular complexity index is 700. The standard InChI is InChI=1S/C22H34N6O/c29-22(26-5-3-1-2-4-6-26)20-12-19(28-14-23-24-25-28)13-27(20)21-17-8-15-7-16(10-17)11-18(21)9-15/h14-21H,1-13H2/t15?,16?,17?,18?,19-,20-,21?/m0/s1. The van der Waals surface area contributed by atoms with Gasteiger partial charge in [-0.2, -0.15) is 0 Å². The zero-order valence-corrected chi connectivity index (χ0v) is 17.4. The molecule has 29 heavy (non-hydrogen) atoms.